The van der Waals surface area contributed by atoms with Crippen LogP contribution in [-0.4, -0.2) is 59.8 Å². The molecule has 1 aromatic heterocycles. The summed E-state index contributed by atoms with van der Waals surface area (Å²) in [5.41, 5.74) is 0. The summed E-state index contributed by atoms with van der Waals surface area (Å²) in [6.45, 7) is -1.19. The second-order valence-corrected chi connectivity index (χ2v) is 9.09. The summed E-state index contributed by atoms with van der Waals surface area (Å²) in [5.74, 6) is 1.80. The maximum atomic E-state index is 11.9. The summed E-state index contributed by atoms with van der Waals surface area (Å²) in [4.78, 5) is 0. The van der Waals surface area contributed by atoms with Gasteiger partial charge in [0.15, 0.2) is 15.0 Å². The highest BCUT2D eigenvalue weighted by Gasteiger charge is 2.29. The van der Waals surface area contributed by atoms with Gasteiger partial charge >= 0.3 is 6.18 Å². The normalized spacial score (nSPS) is 20.6. The molecule has 2 rings (SSSR count). The fourth-order valence-electron chi connectivity index (χ4n) is 2.45. The van der Waals surface area contributed by atoms with Crippen LogP contribution in [0.5, 0.6) is 0 Å². The lowest BCUT2D eigenvalue weighted by Crippen LogP contribution is -2.17. The van der Waals surface area contributed by atoms with E-state index in [4.69, 9.17) is 0 Å². The van der Waals surface area contributed by atoms with Crippen LogP contribution in [0.3, 0.4) is 0 Å². The molecule has 0 saturated carbocycles. The van der Waals surface area contributed by atoms with E-state index in [2.05, 4.69) is 14.9 Å². The molecule has 0 N–H and O–H groups in total. The van der Waals surface area contributed by atoms with Crippen LogP contribution in [0, 0.1) is 5.92 Å². The fraction of sp³-hybridized carbons (Fsp3) is 0.846. The Labute approximate surface area is 143 Å². The number of hydrogen-bond donors (Lipinski definition) is 0. The predicted molar refractivity (Wildman–Crippen MR) is 83.7 cm³/mol. The number of thioether (sulfide) groups is 1. The molecule has 0 aromatic carbocycles. The number of hydrogen-bond acceptors (Lipinski definition) is 6. The van der Waals surface area contributed by atoms with Gasteiger partial charge in [-0.3, -0.25) is 0 Å². The summed E-state index contributed by atoms with van der Waals surface area (Å²) < 4.78 is 65.1. The van der Waals surface area contributed by atoms with Crippen molar-refractivity contribution in [3.63, 3.8) is 0 Å². The van der Waals surface area contributed by atoms with Crippen molar-refractivity contribution in [1.82, 2.24) is 14.8 Å². The van der Waals surface area contributed by atoms with E-state index in [1.54, 1.807) is 7.05 Å². The van der Waals surface area contributed by atoms with Crippen LogP contribution in [-0.2, 0) is 28.0 Å². The Hall–Kier alpha value is -0.810. The molecule has 24 heavy (non-hydrogen) atoms. The molecule has 1 saturated heterocycles. The van der Waals surface area contributed by atoms with Crippen molar-refractivity contribution in [2.45, 2.75) is 30.6 Å². The van der Waals surface area contributed by atoms with E-state index in [9.17, 15) is 21.6 Å². The topological polar surface area (TPSA) is 74.1 Å². The van der Waals surface area contributed by atoms with E-state index in [0.29, 0.717) is 30.2 Å². The Morgan fingerprint density at radius 3 is 2.75 bits per heavy atom. The van der Waals surface area contributed by atoms with Gasteiger partial charge in [-0.15, -0.1) is 10.2 Å². The number of ether oxygens (including phenoxy) is 1. The summed E-state index contributed by atoms with van der Waals surface area (Å²) in [6.07, 6.45) is -2.60. The first-order valence-electron chi connectivity index (χ1n) is 7.52. The van der Waals surface area contributed by atoms with Gasteiger partial charge in [0.2, 0.25) is 0 Å². The minimum atomic E-state index is -4.29. The van der Waals surface area contributed by atoms with Gasteiger partial charge < -0.3 is 9.30 Å². The van der Waals surface area contributed by atoms with E-state index in [0.717, 1.165) is 5.82 Å². The molecule has 0 amide bonds. The Balaban J connectivity index is 1.72. The SMILES string of the molecule is Cn1c(CC2CCS(=O)(=O)C2)nnc1SCCCOCC(F)(F)F. The van der Waals surface area contributed by atoms with Crippen LogP contribution < -0.4 is 0 Å². The molecule has 138 valence electrons. The predicted octanol–water partition coefficient (Wildman–Crippen LogP) is 1.85. The van der Waals surface area contributed by atoms with Crippen LogP contribution in [0.25, 0.3) is 0 Å². The van der Waals surface area contributed by atoms with Gasteiger partial charge in [0.05, 0.1) is 11.5 Å². The summed E-state index contributed by atoms with van der Waals surface area (Å²) >= 11 is 1.39. The lowest BCUT2D eigenvalue weighted by atomic mass is 10.1. The minimum Gasteiger partial charge on any atom is -0.372 e. The molecule has 1 aliphatic rings. The van der Waals surface area contributed by atoms with Crippen LogP contribution >= 0.6 is 11.8 Å². The van der Waals surface area contributed by atoms with Gasteiger partial charge in [-0.1, -0.05) is 11.8 Å². The summed E-state index contributed by atoms with van der Waals surface area (Å²) in [6, 6.07) is 0. The molecule has 2 heterocycles. The first-order chi connectivity index (χ1) is 11.2. The summed E-state index contributed by atoms with van der Waals surface area (Å²) in [7, 11) is -1.11. The Morgan fingerprint density at radius 1 is 1.38 bits per heavy atom. The third kappa shape index (κ3) is 6.25. The van der Waals surface area contributed by atoms with Gasteiger partial charge in [0, 0.05) is 25.8 Å². The Bertz CT molecular complexity index is 647. The van der Waals surface area contributed by atoms with E-state index in [1.165, 1.54) is 11.8 Å². The van der Waals surface area contributed by atoms with Gasteiger partial charge in [0.1, 0.15) is 12.4 Å². The molecule has 0 bridgehead atoms. The Morgan fingerprint density at radius 2 is 2.12 bits per heavy atom. The Kier molecular flexibility index (Phi) is 6.54. The molecule has 1 atom stereocenters. The van der Waals surface area contributed by atoms with Crippen molar-refractivity contribution >= 4 is 21.6 Å². The van der Waals surface area contributed by atoms with Crippen molar-refractivity contribution in [2.75, 3.05) is 30.5 Å². The van der Waals surface area contributed by atoms with E-state index in [-0.39, 0.29) is 24.0 Å². The molecule has 1 fully saturated rings. The molecule has 11 heteroatoms. The quantitative estimate of drug-likeness (QED) is 0.501. The van der Waals surface area contributed by atoms with Gasteiger partial charge in [-0.05, 0) is 18.8 Å². The highest BCUT2D eigenvalue weighted by Crippen LogP contribution is 2.24. The zero-order valence-corrected chi connectivity index (χ0v) is 14.9. The van der Waals surface area contributed by atoms with Crippen molar-refractivity contribution in [1.29, 1.82) is 0 Å². The van der Waals surface area contributed by atoms with Gasteiger partial charge in [0.25, 0.3) is 0 Å². The maximum Gasteiger partial charge on any atom is 0.411 e. The third-order valence-corrected chi connectivity index (χ3v) is 6.60. The number of nitrogens with zero attached hydrogens (tertiary/aromatic N) is 3. The molecular weight excluding hydrogens is 367 g/mol. The van der Waals surface area contributed by atoms with Crippen LogP contribution in [0.4, 0.5) is 13.2 Å². The fourth-order valence-corrected chi connectivity index (χ4v) is 5.16. The standard InChI is InChI=1S/C13H20F3N3O3S2/c1-19-11(7-10-3-6-24(20,21)8-10)17-18-12(19)23-5-2-4-22-9-13(14,15)16/h10H,2-9H2,1H3. The minimum absolute atomic E-state index is 0.0388. The van der Waals surface area contributed by atoms with E-state index < -0.39 is 22.6 Å². The molecule has 1 aliphatic heterocycles. The number of rotatable bonds is 8. The third-order valence-electron chi connectivity index (χ3n) is 3.65. The molecule has 0 aliphatic carbocycles. The average Bonchev–Trinajstić information content (AvgIpc) is 2.97. The molecular formula is C13H20F3N3O3S2. The smallest absolute Gasteiger partial charge is 0.372 e. The van der Waals surface area contributed by atoms with Crippen LogP contribution in [0.15, 0.2) is 5.16 Å². The second kappa shape index (κ2) is 8.05. The summed E-state index contributed by atoms with van der Waals surface area (Å²) in [5, 5.41) is 8.82. The lowest BCUT2D eigenvalue weighted by Gasteiger charge is -2.08. The van der Waals surface area contributed by atoms with E-state index >= 15 is 0 Å². The van der Waals surface area contributed by atoms with Crippen molar-refractivity contribution in [2.24, 2.45) is 13.0 Å². The molecule has 6 nitrogen and oxygen atoms in total. The number of alkyl halides is 3. The molecule has 1 unspecified atom stereocenters. The highest BCUT2D eigenvalue weighted by atomic mass is 32.2. The first-order valence-corrected chi connectivity index (χ1v) is 10.3. The van der Waals surface area contributed by atoms with Crippen molar-refractivity contribution < 1.29 is 26.3 Å². The van der Waals surface area contributed by atoms with Crippen LogP contribution in [0.1, 0.15) is 18.7 Å². The zero-order valence-electron chi connectivity index (χ0n) is 13.3. The average molecular weight is 387 g/mol. The first kappa shape index (κ1) is 19.5. The highest BCUT2D eigenvalue weighted by molar-refractivity contribution is 7.99. The number of aromatic nitrogens is 3. The zero-order chi connectivity index (χ0) is 17.8. The second-order valence-electron chi connectivity index (χ2n) is 5.80. The number of halogens is 3. The monoisotopic (exact) mass is 387 g/mol. The van der Waals surface area contributed by atoms with Gasteiger partial charge in [-0.25, -0.2) is 8.42 Å². The van der Waals surface area contributed by atoms with Crippen molar-refractivity contribution in [3.8, 4) is 0 Å². The van der Waals surface area contributed by atoms with E-state index in [1.807, 2.05) is 4.57 Å². The number of sulfone groups is 1. The van der Waals surface area contributed by atoms with Crippen LogP contribution in [0.2, 0.25) is 0 Å². The molecule has 0 radical (unpaired) electrons. The largest absolute Gasteiger partial charge is 0.411 e. The molecule has 0 spiro atoms. The lowest BCUT2D eigenvalue weighted by molar-refractivity contribution is -0.173. The van der Waals surface area contributed by atoms with Crippen molar-refractivity contribution in [3.05, 3.63) is 5.82 Å². The maximum absolute atomic E-state index is 11.9. The molecule has 1 aromatic rings. The van der Waals surface area contributed by atoms with Gasteiger partial charge in [-0.2, -0.15) is 13.2 Å².